The molecular weight excluding hydrogens is 258 g/mol. The molecule has 0 aromatic carbocycles. The minimum Gasteiger partial charge on any atom is -0.394 e. The Morgan fingerprint density at radius 1 is 1.53 bits per heavy atom. The van der Waals surface area contributed by atoms with Crippen LogP contribution in [0.15, 0.2) is 0 Å². The Morgan fingerprint density at radius 3 is 2.58 bits per heavy atom. The number of aliphatic hydroxyl groups is 5. The van der Waals surface area contributed by atoms with Gasteiger partial charge < -0.3 is 36.0 Å². The summed E-state index contributed by atoms with van der Waals surface area (Å²) in [6.07, 6.45) is -6.25. The van der Waals surface area contributed by atoms with Gasteiger partial charge in [-0.15, -0.1) is 0 Å². The fourth-order valence-electron chi connectivity index (χ4n) is 2.19. The average Bonchev–Trinajstić information content (AvgIpc) is 2.30. The van der Waals surface area contributed by atoms with Crippen molar-refractivity contribution in [3.05, 3.63) is 0 Å². The molecule has 1 aliphatic heterocycles. The molecule has 0 amide bonds. The molecule has 1 rings (SSSR count). The SMILES string of the molecule is CC(=O)C[C@]1(O)C[C@H](O)[C@@H](N)[C@H]([C@H](O)[C@H](O)CO)O1. The molecule has 0 aromatic heterocycles. The zero-order valence-corrected chi connectivity index (χ0v) is 10.6. The summed E-state index contributed by atoms with van der Waals surface area (Å²) >= 11 is 0. The van der Waals surface area contributed by atoms with Crippen molar-refractivity contribution in [2.24, 2.45) is 5.73 Å². The van der Waals surface area contributed by atoms with E-state index in [-0.39, 0.29) is 18.6 Å². The highest BCUT2D eigenvalue weighted by molar-refractivity contribution is 5.76. The predicted molar refractivity (Wildman–Crippen MR) is 62.8 cm³/mol. The first kappa shape index (κ1) is 16.4. The van der Waals surface area contributed by atoms with E-state index in [0.29, 0.717) is 0 Å². The van der Waals surface area contributed by atoms with Crippen LogP contribution in [0.4, 0.5) is 0 Å². The maximum atomic E-state index is 11.1. The summed E-state index contributed by atoms with van der Waals surface area (Å²) in [4.78, 5) is 11.1. The van der Waals surface area contributed by atoms with Crippen LogP contribution in [0, 0.1) is 0 Å². The first-order chi connectivity index (χ1) is 8.70. The minimum atomic E-state index is -1.94. The number of carbonyl (C=O) groups is 1. The van der Waals surface area contributed by atoms with Crippen LogP contribution in [0.3, 0.4) is 0 Å². The lowest BCUT2D eigenvalue weighted by Crippen LogP contribution is -2.64. The summed E-state index contributed by atoms with van der Waals surface area (Å²) in [5.41, 5.74) is 5.64. The molecule has 19 heavy (non-hydrogen) atoms. The molecular formula is C11H21NO7. The molecule has 112 valence electrons. The van der Waals surface area contributed by atoms with Crippen LogP contribution < -0.4 is 5.73 Å². The highest BCUT2D eigenvalue weighted by Crippen LogP contribution is 2.31. The lowest BCUT2D eigenvalue weighted by molar-refractivity contribution is -0.297. The Morgan fingerprint density at radius 2 is 2.11 bits per heavy atom. The van der Waals surface area contributed by atoms with Crippen molar-refractivity contribution < 1.29 is 35.1 Å². The number of ketones is 1. The van der Waals surface area contributed by atoms with Crippen molar-refractivity contribution in [1.29, 1.82) is 0 Å². The number of Topliss-reactive ketones (excluding diaryl/α,β-unsaturated/α-hetero) is 1. The van der Waals surface area contributed by atoms with Gasteiger partial charge in [0.2, 0.25) is 0 Å². The fourth-order valence-corrected chi connectivity index (χ4v) is 2.19. The van der Waals surface area contributed by atoms with Crippen molar-refractivity contribution in [1.82, 2.24) is 0 Å². The standard InChI is InChI=1S/C11H21NO7/c1-5(14)2-11(18)3-6(15)8(12)10(19-11)9(17)7(16)4-13/h6-10,13,15-18H,2-4,12H2,1H3/t6-,7+,8+,9+,10+,11+/m0/s1. The number of hydrogen-bond acceptors (Lipinski definition) is 8. The van der Waals surface area contributed by atoms with Gasteiger partial charge in [-0.1, -0.05) is 0 Å². The van der Waals surface area contributed by atoms with Crippen molar-refractivity contribution in [3.8, 4) is 0 Å². The largest absolute Gasteiger partial charge is 0.394 e. The average molecular weight is 279 g/mol. The monoisotopic (exact) mass is 279 g/mol. The topological polar surface area (TPSA) is 153 Å². The second-order valence-electron chi connectivity index (χ2n) is 5.00. The van der Waals surface area contributed by atoms with Gasteiger partial charge in [-0.05, 0) is 6.92 Å². The number of carbonyl (C=O) groups excluding carboxylic acids is 1. The zero-order chi connectivity index (χ0) is 14.8. The van der Waals surface area contributed by atoms with Crippen LogP contribution in [-0.4, -0.2) is 74.2 Å². The summed E-state index contributed by atoms with van der Waals surface area (Å²) in [7, 11) is 0. The molecule has 0 spiro atoms. The van der Waals surface area contributed by atoms with Gasteiger partial charge in [0.1, 0.15) is 24.1 Å². The molecule has 8 heteroatoms. The van der Waals surface area contributed by atoms with Crippen molar-refractivity contribution in [2.45, 2.75) is 56.0 Å². The minimum absolute atomic E-state index is 0.272. The molecule has 1 fully saturated rings. The third-order valence-corrected chi connectivity index (χ3v) is 3.15. The predicted octanol–water partition coefficient (Wildman–Crippen LogP) is -3.15. The van der Waals surface area contributed by atoms with E-state index in [0.717, 1.165) is 0 Å². The normalized spacial score (nSPS) is 38.8. The van der Waals surface area contributed by atoms with E-state index < -0.39 is 42.9 Å². The third-order valence-electron chi connectivity index (χ3n) is 3.15. The molecule has 1 aliphatic rings. The lowest BCUT2D eigenvalue weighted by Gasteiger charge is -2.45. The molecule has 7 N–H and O–H groups in total. The highest BCUT2D eigenvalue weighted by atomic mass is 16.6. The Hall–Kier alpha value is -0.610. The van der Waals surface area contributed by atoms with Gasteiger partial charge in [-0.2, -0.15) is 0 Å². The van der Waals surface area contributed by atoms with Gasteiger partial charge in [-0.25, -0.2) is 0 Å². The van der Waals surface area contributed by atoms with Gasteiger partial charge >= 0.3 is 0 Å². The summed E-state index contributed by atoms with van der Waals surface area (Å²) in [6, 6.07) is -1.05. The van der Waals surface area contributed by atoms with E-state index in [1.165, 1.54) is 6.92 Å². The molecule has 1 heterocycles. The van der Waals surface area contributed by atoms with E-state index >= 15 is 0 Å². The number of ether oxygens (including phenoxy) is 1. The fraction of sp³-hybridized carbons (Fsp3) is 0.909. The van der Waals surface area contributed by atoms with Crippen LogP contribution in [0.5, 0.6) is 0 Å². The molecule has 0 bridgehead atoms. The smallest absolute Gasteiger partial charge is 0.175 e. The number of hydrogen-bond donors (Lipinski definition) is 6. The van der Waals surface area contributed by atoms with E-state index in [9.17, 15) is 25.2 Å². The maximum Gasteiger partial charge on any atom is 0.175 e. The van der Waals surface area contributed by atoms with Gasteiger partial charge in [-0.3, -0.25) is 4.79 Å². The lowest BCUT2D eigenvalue weighted by atomic mass is 9.88. The number of aliphatic hydroxyl groups excluding tert-OH is 4. The molecule has 0 aromatic rings. The summed E-state index contributed by atoms with van der Waals surface area (Å²) in [6.45, 7) is 0.519. The van der Waals surface area contributed by atoms with E-state index in [1.54, 1.807) is 0 Å². The van der Waals surface area contributed by atoms with Crippen molar-refractivity contribution >= 4 is 5.78 Å². The first-order valence-corrected chi connectivity index (χ1v) is 6.00. The molecule has 0 saturated carbocycles. The zero-order valence-electron chi connectivity index (χ0n) is 10.6. The van der Waals surface area contributed by atoms with Crippen molar-refractivity contribution in [2.75, 3.05) is 6.61 Å². The van der Waals surface area contributed by atoms with Crippen LogP contribution in [0.1, 0.15) is 19.8 Å². The number of nitrogens with two attached hydrogens (primary N) is 1. The van der Waals surface area contributed by atoms with Crippen LogP contribution in [0.25, 0.3) is 0 Å². The van der Waals surface area contributed by atoms with E-state index in [1.807, 2.05) is 0 Å². The molecule has 8 nitrogen and oxygen atoms in total. The summed E-state index contributed by atoms with van der Waals surface area (Å²) < 4.78 is 5.18. The van der Waals surface area contributed by atoms with Gasteiger partial charge in [0.15, 0.2) is 5.79 Å². The second kappa shape index (κ2) is 6.23. The van der Waals surface area contributed by atoms with Gasteiger partial charge in [0.05, 0.1) is 25.2 Å². The highest BCUT2D eigenvalue weighted by Gasteiger charge is 2.48. The third kappa shape index (κ3) is 3.93. The Balaban J connectivity index is 2.87. The molecule has 1 saturated heterocycles. The molecule has 0 radical (unpaired) electrons. The second-order valence-corrected chi connectivity index (χ2v) is 5.00. The molecule has 0 unspecified atom stereocenters. The summed E-state index contributed by atoms with van der Waals surface area (Å²) in [5.74, 6) is -2.30. The number of rotatable bonds is 5. The van der Waals surface area contributed by atoms with E-state index in [2.05, 4.69) is 0 Å². The van der Waals surface area contributed by atoms with Crippen LogP contribution in [0.2, 0.25) is 0 Å². The Bertz CT molecular complexity index is 326. The molecule has 6 atom stereocenters. The summed E-state index contributed by atoms with van der Waals surface area (Å²) in [5, 5.41) is 47.8. The van der Waals surface area contributed by atoms with E-state index in [4.69, 9.17) is 15.6 Å². The van der Waals surface area contributed by atoms with Gasteiger partial charge in [0.25, 0.3) is 0 Å². The van der Waals surface area contributed by atoms with Crippen LogP contribution in [-0.2, 0) is 9.53 Å². The maximum absolute atomic E-state index is 11.1. The Kier molecular flexibility index (Phi) is 5.39. The quantitative estimate of drug-likeness (QED) is 0.308. The van der Waals surface area contributed by atoms with Crippen LogP contribution >= 0.6 is 0 Å². The first-order valence-electron chi connectivity index (χ1n) is 6.00. The Labute approximate surface area is 110 Å². The van der Waals surface area contributed by atoms with Crippen molar-refractivity contribution in [3.63, 3.8) is 0 Å². The van der Waals surface area contributed by atoms with Gasteiger partial charge in [0, 0.05) is 6.42 Å². The molecule has 0 aliphatic carbocycles.